The number of unbranched alkanes of at least 4 members (excludes halogenated alkanes) is 1. The van der Waals surface area contributed by atoms with Crippen LogP contribution in [0.1, 0.15) is 26.2 Å². The number of hydrogen-bond acceptors (Lipinski definition) is 2. The molecule has 0 amide bonds. The van der Waals surface area contributed by atoms with E-state index in [0.717, 1.165) is 0 Å². The highest BCUT2D eigenvalue weighted by molar-refractivity contribution is 7.91. The summed E-state index contributed by atoms with van der Waals surface area (Å²) < 4.78 is 82.5. The highest BCUT2D eigenvalue weighted by Crippen LogP contribution is 2.38. The molecule has 0 fully saturated rings. The number of rotatable bonds is 7. The van der Waals surface area contributed by atoms with Crippen molar-refractivity contribution in [3.8, 4) is 0 Å². The molecule has 0 saturated carbocycles. The second-order valence-electron chi connectivity index (χ2n) is 3.65. The highest BCUT2D eigenvalue weighted by Gasteiger charge is 2.56. The van der Waals surface area contributed by atoms with Crippen LogP contribution in [0.15, 0.2) is 0 Å². The zero-order chi connectivity index (χ0) is 13.7. The van der Waals surface area contributed by atoms with Gasteiger partial charge in [0.2, 0.25) is 0 Å². The molecular formula is C9H14F5O2S. The van der Waals surface area contributed by atoms with E-state index in [1.807, 2.05) is 0 Å². The standard InChI is InChI=1S/C9H14F5O2S/c1-2-3-6-17(15,16)7-4-5-8(10,11)9(12,13)14/h2H,3-7H2,1H3. The summed E-state index contributed by atoms with van der Waals surface area (Å²) in [7, 11) is -3.54. The van der Waals surface area contributed by atoms with Crippen molar-refractivity contribution in [2.45, 2.75) is 38.3 Å². The molecule has 0 aliphatic rings. The first-order valence-corrected chi connectivity index (χ1v) is 6.77. The van der Waals surface area contributed by atoms with Gasteiger partial charge in [0, 0.05) is 6.42 Å². The van der Waals surface area contributed by atoms with E-state index in [0.29, 0.717) is 0 Å². The molecular weight excluding hydrogens is 267 g/mol. The summed E-state index contributed by atoms with van der Waals surface area (Å²) in [6.07, 6.45) is -5.96. The maximum absolute atomic E-state index is 12.4. The lowest BCUT2D eigenvalue weighted by molar-refractivity contribution is -0.284. The van der Waals surface area contributed by atoms with E-state index in [2.05, 4.69) is 0 Å². The van der Waals surface area contributed by atoms with Crippen LogP contribution in [0, 0.1) is 6.42 Å². The summed E-state index contributed by atoms with van der Waals surface area (Å²) in [4.78, 5) is 0. The molecule has 0 aromatic rings. The Labute approximate surface area is 97.1 Å². The summed E-state index contributed by atoms with van der Waals surface area (Å²) in [5.74, 6) is -5.69. The lowest BCUT2D eigenvalue weighted by Gasteiger charge is -2.19. The fourth-order valence-electron chi connectivity index (χ4n) is 1.06. The van der Waals surface area contributed by atoms with Crippen molar-refractivity contribution in [1.29, 1.82) is 0 Å². The third-order valence-corrected chi connectivity index (χ3v) is 3.85. The quantitative estimate of drug-likeness (QED) is 0.672. The molecule has 8 heteroatoms. The van der Waals surface area contributed by atoms with Gasteiger partial charge in [-0.05, 0) is 19.3 Å². The predicted octanol–water partition coefficient (Wildman–Crippen LogP) is 2.99. The van der Waals surface area contributed by atoms with Crippen LogP contribution in [-0.2, 0) is 9.84 Å². The normalized spacial score (nSPS) is 14.0. The van der Waals surface area contributed by atoms with Crippen molar-refractivity contribution >= 4 is 9.84 Å². The summed E-state index contributed by atoms with van der Waals surface area (Å²) >= 11 is 0. The van der Waals surface area contributed by atoms with Crippen LogP contribution in [0.25, 0.3) is 0 Å². The van der Waals surface area contributed by atoms with Crippen LogP contribution in [0.3, 0.4) is 0 Å². The Bertz CT molecular complexity index is 321. The van der Waals surface area contributed by atoms with Gasteiger partial charge in [0.05, 0.1) is 11.5 Å². The molecule has 0 aromatic carbocycles. The lowest BCUT2D eigenvalue weighted by atomic mass is 10.2. The first-order chi connectivity index (χ1) is 7.52. The van der Waals surface area contributed by atoms with Crippen molar-refractivity contribution in [3.05, 3.63) is 6.42 Å². The molecule has 0 aliphatic carbocycles. The zero-order valence-electron chi connectivity index (χ0n) is 9.23. The van der Waals surface area contributed by atoms with Gasteiger partial charge in [-0.25, -0.2) is 8.42 Å². The van der Waals surface area contributed by atoms with Crippen molar-refractivity contribution in [3.63, 3.8) is 0 Å². The summed E-state index contributed by atoms with van der Waals surface area (Å²) in [6.45, 7) is 1.63. The predicted molar refractivity (Wildman–Crippen MR) is 53.5 cm³/mol. The lowest BCUT2D eigenvalue weighted by Crippen LogP contribution is -2.36. The Kier molecular flexibility index (Phi) is 5.83. The Morgan fingerprint density at radius 3 is 2.00 bits per heavy atom. The van der Waals surface area contributed by atoms with Crippen molar-refractivity contribution < 1.29 is 30.4 Å². The zero-order valence-corrected chi connectivity index (χ0v) is 10.0. The van der Waals surface area contributed by atoms with E-state index in [1.165, 1.54) is 0 Å². The molecule has 0 heterocycles. The fourth-order valence-corrected chi connectivity index (χ4v) is 2.44. The third kappa shape index (κ3) is 6.18. The Morgan fingerprint density at radius 2 is 1.59 bits per heavy atom. The Balaban J connectivity index is 4.16. The van der Waals surface area contributed by atoms with Gasteiger partial charge >= 0.3 is 12.1 Å². The minimum absolute atomic E-state index is 0.221. The molecule has 1 radical (unpaired) electrons. The molecule has 17 heavy (non-hydrogen) atoms. The summed E-state index contributed by atoms with van der Waals surface area (Å²) in [5, 5.41) is 0. The van der Waals surface area contributed by atoms with Gasteiger partial charge < -0.3 is 0 Å². The number of hydrogen-bond donors (Lipinski definition) is 0. The summed E-state index contributed by atoms with van der Waals surface area (Å²) in [5.41, 5.74) is 0. The monoisotopic (exact) mass is 281 g/mol. The van der Waals surface area contributed by atoms with Crippen molar-refractivity contribution in [2.75, 3.05) is 11.5 Å². The van der Waals surface area contributed by atoms with Crippen LogP contribution in [0.5, 0.6) is 0 Å². The maximum Gasteiger partial charge on any atom is 0.453 e. The van der Waals surface area contributed by atoms with Gasteiger partial charge in [0.15, 0.2) is 0 Å². The summed E-state index contributed by atoms with van der Waals surface area (Å²) in [6, 6.07) is 0. The van der Waals surface area contributed by atoms with E-state index in [-0.39, 0.29) is 12.2 Å². The van der Waals surface area contributed by atoms with Gasteiger partial charge in [0.1, 0.15) is 9.84 Å². The van der Waals surface area contributed by atoms with Crippen LogP contribution in [0.4, 0.5) is 22.0 Å². The molecule has 0 unspecified atom stereocenters. The van der Waals surface area contributed by atoms with E-state index in [4.69, 9.17) is 0 Å². The van der Waals surface area contributed by atoms with E-state index in [9.17, 15) is 30.4 Å². The molecule has 0 N–H and O–H groups in total. The highest BCUT2D eigenvalue weighted by atomic mass is 32.2. The van der Waals surface area contributed by atoms with Crippen LogP contribution in [-0.4, -0.2) is 32.0 Å². The van der Waals surface area contributed by atoms with E-state index in [1.54, 1.807) is 13.3 Å². The minimum Gasteiger partial charge on any atom is -0.229 e. The van der Waals surface area contributed by atoms with E-state index < -0.39 is 40.5 Å². The van der Waals surface area contributed by atoms with Gasteiger partial charge in [0.25, 0.3) is 0 Å². The first-order valence-electron chi connectivity index (χ1n) is 4.94. The smallest absolute Gasteiger partial charge is 0.229 e. The molecule has 103 valence electrons. The molecule has 0 atom stereocenters. The topological polar surface area (TPSA) is 34.1 Å². The average Bonchev–Trinajstić information content (AvgIpc) is 2.12. The molecule has 2 nitrogen and oxygen atoms in total. The van der Waals surface area contributed by atoms with Gasteiger partial charge in [-0.15, -0.1) is 0 Å². The number of halogens is 5. The molecule has 0 aromatic heterocycles. The molecule has 0 spiro atoms. The second kappa shape index (κ2) is 5.97. The maximum atomic E-state index is 12.4. The first kappa shape index (κ1) is 16.6. The molecule has 0 bridgehead atoms. The largest absolute Gasteiger partial charge is 0.453 e. The van der Waals surface area contributed by atoms with Crippen LogP contribution in [0.2, 0.25) is 0 Å². The van der Waals surface area contributed by atoms with Crippen LogP contribution < -0.4 is 0 Å². The van der Waals surface area contributed by atoms with Crippen molar-refractivity contribution in [1.82, 2.24) is 0 Å². The third-order valence-electron chi connectivity index (χ3n) is 2.08. The fraction of sp³-hybridized carbons (Fsp3) is 0.889. The molecule has 0 saturated heterocycles. The van der Waals surface area contributed by atoms with E-state index >= 15 is 0 Å². The number of sulfone groups is 1. The Hall–Kier alpha value is -0.400. The van der Waals surface area contributed by atoms with Crippen molar-refractivity contribution in [2.24, 2.45) is 0 Å². The average molecular weight is 281 g/mol. The van der Waals surface area contributed by atoms with Gasteiger partial charge in [-0.3, -0.25) is 0 Å². The number of alkyl halides is 5. The van der Waals surface area contributed by atoms with Gasteiger partial charge in [-0.2, -0.15) is 22.0 Å². The molecule has 0 rings (SSSR count). The molecule has 0 aliphatic heterocycles. The van der Waals surface area contributed by atoms with Crippen LogP contribution >= 0.6 is 0 Å². The second-order valence-corrected chi connectivity index (χ2v) is 5.96. The minimum atomic E-state index is -5.62. The van der Waals surface area contributed by atoms with Gasteiger partial charge in [-0.1, -0.05) is 6.92 Å². The Morgan fingerprint density at radius 1 is 1.06 bits per heavy atom. The SMILES string of the molecule is C[CH]CCS(=O)(=O)CCCC(F)(F)C(F)(F)F.